The summed E-state index contributed by atoms with van der Waals surface area (Å²) in [5.41, 5.74) is 5.92. The van der Waals surface area contributed by atoms with E-state index in [2.05, 4.69) is 76.0 Å². The van der Waals surface area contributed by atoms with Crippen molar-refractivity contribution < 1.29 is 9.59 Å². The molecule has 5 heterocycles. The summed E-state index contributed by atoms with van der Waals surface area (Å²) in [4.78, 5) is 33.9. The molecule has 0 saturated carbocycles. The van der Waals surface area contributed by atoms with E-state index < -0.39 is 0 Å². The van der Waals surface area contributed by atoms with Crippen molar-refractivity contribution in [2.24, 2.45) is 0 Å². The molecule has 0 N–H and O–H groups in total. The van der Waals surface area contributed by atoms with Crippen LogP contribution in [0.15, 0.2) is 83.6 Å². The maximum Gasteiger partial charge on any atom is 0.164 e. The molecule has 6 rings (SSSR count). The van der Waals surface area contributed by atoms with Crippen LogP contribution in [-0.2, 0) is 0 Å². The van der Waals surface area contributed by atoms with Crippen LogP contribution in [-0.4, -0.2) is 16.1 Å². The van der Waals surface area contributed by atoms with Gasteiger partial charge in [0.2, 0.25) is 0 Å². The van der Waals surface area contributed by atoms with Crippen molar-refractivity contribution in [3.63, 3.8) is 0 Å². The number of carbonyl (C=O) groups is 2. The summed E-state index contributed by atoms with van der Waals surface area (Å²) < 4.78 is 2.31. The van der Waals surface area contributed by atoms with Crippen molar-refractivity contribution in [3.8, 4) is 26.8 Å². The smallest absolute Gasteiger partial charge is 0.164 e. The van der Waals surface area contributed by atoms with Crippen molar-refractivity contribution in [2.75, 3.05) is 0 Å². The summed E-state index contributed by atoms with van der Waals surface area (Å²) in [6, 6.07) is 25.3. The van der Waals surface area contributed by atoms with E-state index in [1.54, 1.807) is 45.3 Å². The van der Waals surface area contributed by atoms with Crippen LogP contribution in [0.5, 0.6) is 0 Å². The topological polar surface area (TPSA) is 39.1 Å². The Morgan fingerprint density at radius 3 is 1.52 bits per heavy atom. The van der Waals surface area contributed by atoms with E-state index >= 15 is 0 Å². The second kappa shape index (κ2) is 12.1. The molecule has 3 nitrogen and oxygen atoms in total. The SMILES string of the molecule is Cc1cc(C(=O)CC(CC(=O)c2cc(C)sc2C)c2ccc(-n3c(-c4cccs4)ccc3-c3cccs3)cc2)c(C)s1. The van der Waals surface area contributed by atoms with Gasteiger partial charge in [0.1, 0.15) is 0 Å². The monoisotopic (exact) mass is 625 g/mol. The van der Waals surface area contributed by atoms with Crippen molar-refractivity contribution in [1.82, 2.24) is 4.57 Å². The lowest BCUT2D eigenvalue weighted by atomic mass is 9.86. The van der Waals surface area contributed by atoms with Crippen LogP contribution >= 0.6 is 45.3 Å². The fraction of sp³-hybridized carbons (Fsp3) is 0.200. The fourth-order valence-electron chi connectivity index (χ4n) is 5.63. The van der Waals surface area contributed by atoms with Crippen LogP contribution in [0.25, 0.3) is 26.8 Å². The van der Waals surface area contributed by atoms with Gasteiger partial charge in [0.05, 0.1) is 21.1 Å². The van der Waals surface area contributed by atoms with Gasteiger partial charge in [0.25, 0.3) is 0 Å². The number of hydrogen-bond donors (Lipinski definition) is 0. The fourth-order valence-corrected chi connectivity index (χ4v) is 9.00. The molecule has 212 valence electrons. The highest BCUT2D eigenvalue weighted by Crippen LogP contribution is 2.37. The number of carbonyl (C=O) groups excluding carboxylic acids is 2. The third kappa shape index (κ3) is 5.79. The summed E-state index contributed by atoms with van der Waals surface area (Å²) in [5, 5.41) is 4.21. The number of rotatable bonds is 10. The van der Waals surface area contributed by atoms with Gasteiger partial charge in [-0.3, -0.25) is 9.59 Å². The lowest BCUT2D eigenvalue weighted by Gasteiger charge is -2.18. The van der Waals surface area contributed by atoms with E-state index in [1.165, 1.54) is 9.75 Å². The van der Waals surface area contributed by atoms with Crippen LogP contribution in [0.1, 0.15) is 64.5 Å². The number of aryl methyl sites for hydroxylation is 4. The maximum atomic E-state index is 13.6. The third-order valence-electron chi connectivity index (χ3n) is 7.60. The lowest BCUT2D eigenvalue weighted by molar-refractivity contribution is 0.0944. The van der Waals surface area contributed by atoms with Gasteiger partial charge in [-0.15, -0.1) is 45.3 Å². The van der Waals surface area contributed by atoms with E-state index in [0.29, 0.717) is 12.8 Å². The van der Waals surface area contributed by atoms with Crippen LogP contribution in [0.3, 0.4) is 0 Å². The Hall–Kier alpha value is -3.36. The molecule has 0 radical (unpaired) electrons. The molecule has 7 heteroatoms. The average Bonchev–Trinajstić information content (AvgIpc) is 3.79. The summed E-state index contributed by atoms with van der Waals surface area (Å²) >= 11 is 6.75. The molecule has 0 aliphatic rings. The Bertz CT molecular complexity index is 1740. The molecule has 0 bridgehead atoms. The molecule has 0 spiro atoms. The molecule has 0 unspecified atom stereocenters. The first-order chi connectivity index (χ1) is 20.3. The van der Waals surface area contributed by atoms with E-state index in [0.717, 1.165) is 53.3 Å². The van der Waals surface area contributed by atoms with E-state index in [4.69, 9.17) is 0 Å². The normalized spacial score (nSPS) is 11.5. The zero-order valence-electron chi connectivity index (χ0n) is 24.0. The van der Waals surface area contributed by atoms with Crippen LogP contribution in [0, 0.1) is 27.7 Å². The predicted octanol–water partition coefficient (Wildman–Crippen LogP) is 10.9. The molecule has 1 aromatic carbocycles. The third-order valence-corrected chi connectivity index (χ3v) is 11.3. The van der Waals surface area contributed by atoms with Crippen LogP contribution in [0.4, 0.5) is 0 Å². The molecule has 0 aliphatic heterocycles. The summed E-state index contributed by atoms with van der Waals surface area (Å²) in [7, 11) is 0. The Kier molecular flexibility index (Phi) is 8.28. The number of ketones is 2. The molecule has 0 atom stereocenters. The number of nitrogens with zero attached hydrogens (tertiary/aromatic N) is 1. The van der Waals surface area contributed by atoms with Gasteiger partial charge < -0.3 is 4.57 Å². The van der Waals surface area contributed by atoms with E-state index in [9.17, 15) is 9.59 Å². The highest BCUT2D eigenvalue weighted by Gasteiger charge is 2.25. The second-order valence-corrected chi connectivity index (χ2v) is 15.4. The van der Waals surface area contributed by atoms with Gasteiger partial charge in [0, 0.05) is 49.2 Å². The highest BCUT2D eigenvalue weighted by molar-refractivity contribution is 7.14. The van der Waals surface area contributed by atoms with Gasteiger partial charge in [0.15, 0.2) is 11.6 Å². The Morgan fingerprint density at radius 1 is 0.667 bits per heavy atom. The van der Waals surface area contributed by atoms with Crippen LogP contribution in [0.2, 0.25) is 0 Å². The minimum Gasteiger partial charge on any atom is -0.308 e. The van der Waals surface area contributed by atoms with Gasteiger partial charge in [-0.05, 0) is 98.5 Å². The minimum atomic E-state index is -0.212. The molecule has 42 heavy (non-hydrogen) atoms. The van der Waals surface area contributed by atoms with Crippen molar-refractivity contribution in [3.05, 3.63) is 120 Å². The number of thiophene rings is 4. The summed E-state index contributed by atoms with van der Waals surface area (Å²) in [5.74, 6) is -0.0129. The minimum absolute atomic E-state index is 0.0994. The lowest BCUT2D eigenvalue weighted by Crippen LogP contribution is -2.13. The van der Waals surface area contributed by atoms with Crippen molar-refractivity contribution >= 4 is 56.9 Å². The first-order valence-electron chi connectivity index (χ1n) is 13.9. The molecule has 0 saturated heterocycles. The standard InChI is InChI=1S/C35H31NO2S4/c1-21-17-28(23(3)41-21)32(37)19-26(20-33(38)29-18-22(2)42-24(29)4)25-9-11-27(12-10-25)36-30(34-7-5-15-39-34)13-14-31(36)35-8-6-16-40-35/h5-18,26H,19-20H2,1-4H3. The summed E-state index contributed by atoms with van der Waals surface area (Å²) in [6.07, 6.45) is 0.601. The second-order valence-electron chi connectivity index (χ2n) is 10.6. The quantitative estimate of drug-likeness (QED) is 0.142. The number of hydrogen-bond acceptors (Lipinski definition) is 6. The maximum absolute atomic E-state index is 13.6. The average molecular weight is 626 g/mol. The number of aromatic nitrogens is 1. The number of benzene rings is 1. The van der Waals surface area contributed by atoms with Crippen LogP contribution < -0.4 is 0 Å². The van der Waals surface area contributed by atoms with Gasteiger partial charge >= 0.3 is 0 Å². The van der Waals surface area contributed by atoms with Gasteiger partial charge in [-0.2, -0.15) is 0 Å². The predicted molar refractivity (Wildman–Crippen MR) is 181 cm³/mol. The zero-order chi connectivity index (χ0) is 29.4. The Balaban J connectivity index is 1.36. The molecular formula is C35H31NO2S4. The molecular weight excluding hydrogens is 595 g/mol. The summed E-state index contributed by atoms with van der Waals surface area (Å²) in [6.45, 7) is 8.08. The highest BCUT2D eigenvalue weighted by atomic mass is 32.1. The first kappa shape index (κ1) is 28.7. The molecule has 6 aromatic rings. The van der Waals surface area contributed by atoms with Gasteiger partial charge in [-0.25, -0.2) is 0 Å². The molecule has 0 fully saturated rings. The van der Waals surface area contributed by atoms with E-state index in [1.807, 2.05) is 39.8 Å². The first-order valence-corrected chi connectivity index (χ1v) is 17.3. The van der Waals surface area contributed by atoms with E-state index in [-0.39, 0.29) is 17.5 Å². The number of Topliss-reactive ketones (excluding diaryl/α,β-unsaturated/α-hetero) is 2. The Labute approximate surface area is 262 Å². The largest absolute Gasteiger partial charge is 0.308 e. The zero-order valence-corrected chi connectivity index (χ0v) is 27.2. The van der Waals surface area contributed by atoms with Gasteiger partial charge in [-0.1, -0.05) is 24.3 Å². The van der Waals surface area contributed by atoms with Crippen molar-refractivity contribution in [2.45, 2.75) is 46.5 Å². The Morgan fingerprint density at radius 2 is 1.14 bits per heavy atom. The van der Waals surface area contributed by atoms with Crippen molar-refractivity contribution in [1.29, 1.82) is 0 Å². The molecule has 0 amide bonds. The molecule has 5 aromatic heterocycles. The molecule has 0 aliphatic carbocycles.